The molecule has 1 aromatic carbocycles. The van der Waals surface area contributed by atoms with Gasteiger partial charge in [-0.1, -0.05) is 41.6 Å². The van der Waals surface area contributed by atoms with E-state index < -0.39 is 0 Å². The minimum Gasteiger partial charge on any atom is -0.351 e. The Hall–Kier alpha value is -1.56. The maximum absolute atomic E-state index is 12.2. The third kappa shape index (κ3) is 6.03. The van der Waals surface area contributed by atoms with Gasteiger partial charge in [-0.2, -0.15) is 0 Å². The highest BCUT2D eigenvalue weighted by Gasteiger charge is 2.21. The molecule has 1 aromatic heterocycles. The lowest BCUT2D eigenvalue weighted by Crippen LogP contribution is -2.47. The SMILES string of the molecule is O=C(CSc1ccccn1)NC1CCCN(Cc2ccc(Cl)cc2)C1. The predicted molar refractivity (Wildman–Crippen MR) is 103 cm³/mol. The number of piperidine rings is 1. The summed E-state index contributed by atoms with van der Waals surface area (Å²) in [6, 6.07) is 13.9. The molecule has 1 amide bonds. The maximum Gasteiger partial charge on any atom is 0.230 e. The molecule has 0 spiro atoms. The van der Waals surface area contributed by atoms with Gasteiger partial charge in [0.2, 0.25) is 5.91 Å². The molecular weight excluding hydrogens is 354 g/mol. The molecule has 0 bridgehead atoms. The van der Waals surface area contributed by atoms with Crippen LogP contribution < -0.4 is 5.32 Å². The number of nitrogens with zero attached hydrogens (tertiary/aromatic N) is 2. The van der Waals surface area contributed by atoms with Crippen molar-refractivity contribution >= 4 is 29.3 Å². The van der Waals surface area contributed by atoms with Gasteiger partial charge in [0.05, 0.1) is 10.8 Å². The Labute approximate surface area is 158 Å². The summed E-state index contributed by atoms with van der Waals surface area (Å²) >= 11 is 7.41. The molecular formula is C19H22ClN3OS. The number of thioether (sulfide) groups is 1. The first-order chi connectivity index (χ1) is 12.2. The number of halogens is 1. The molecule has 2 aromatic rings. The molecule has 1 unspecified atom stereocenters. The van der Waals surface area contributed by atoms with Crippen molar-refractivity contribution in [2.75, 3.05) is 18.8 Å². The second kappa shape index (κ2) is 9.22. The molecule has 0 radical (unpaired) electrons. The quantitative estimate of drug-likeness (QED) is 0.783. The van der Waals surface area contributed by atoms with E-state index in [1.807, 2.05) is 30.3 Å². The summed E-state index contributed by atoms with van der Waals surface area (Å²) < 4.78 is 0. The summed E-state index contributed by atoms with van der Waals surface area (Å²) in [6.07, 6.45) is 3.89. The van der Waals surface area contributed by atoms with Gasteiger partial charge in [0, 0.05) is 30.4 Å². The molecule has 132 valence electrons. The normalized spacial score (nSPS) is 18.0. The van der Waals surface area contributed by atoms with Crippen LogP contribution in [0, 0.1) is 0 Å². The highest BCUT2D eigenvalue weighted by molar-refractivity contribution is 7.99. The minimum atomic E-state index is 0.0778. The van der Waals surface area contributed by atoms with Gasteiger partial charge in [0.25, 0.3) is 0 Å². The summed E-state index contributed by atoms with van der Waals surface area (Å²) in [5.41, 5.74) is 1.25. The Balaban J connectivity index is 1.44. The Morgan fingerprint density at radius 2 is 2.12 bits per heavy atom. The average molecular weight is 376 g/mol. The van der Waals surface area contributed by atoms with Crippen LogP contribution >= 0.6 is 23.4 Å². The molecule has 0 aliphatic carbocycles. The standard InChI is InChI=1S/C19H22ClN3OS/c20-16-8-6-15(7-9-16)12-23-11-3-4-17(13-23)22-18(24)14-25-19-5-1-2-10-21-19/h1-2,5-10,17H,3-4,11-14H2,(H,22,24). The van der Waals surface area contributed by atoms with E-state index in [1.54, 1.807) is 6.20 Å². The summed E-state index contributed by atoms with van der Waals surface area (Å²) in [7, 11) is 0. The molecule has 4 nitrogen and oxygen atoms in total. The molecule has 1 aliphatic heterocycles. The zero-order chi connectivity index (χ0) is 17.5. The van der Waals surface area contributed by atoms with Crippen LogP contribution in [0.3, 0.4) is 0 Å². The molecule has 3 rings (SSSR count). The molecule has 6 heteroatoms. The van der Waals surface area contributed by atoms with Crippen LogP contribution in [0.2, 0.25) is 5.02 Å². The number of pyridine rings is 1. The van der Waals surface area contributed by atoms with E-state index in [9.17, 15) is 4.79 Å². The number of aromatic nitrogens is 1. The Morgan fingerprint density at radius 3 is 2.88 bits per heavy atom. The van der Waals surface area contributed by atoms with Gasteiger partial charge in [-0.05, 0) is 49.2 Å². The number of nitrogens with one attached hydrogen (secondary N) is 1. The Kier molecular flexibility index (Phi) is 6.73. The van der Waals surface area contributed by atoms with E-state index in [-0.39, 0.29) is 11.9 Å². The molecule has 1 aliphatic rings. The van der Waals surface area contributed by atoms with Gasteiger partial charge in [0.15, 0.2) is 0 Å². The van der Waals surface area contributed by atoms with Crippen molar-refractivity contribution in [1.82, 2.24) is 15.2 Å². The second-order valence-electron chi connectivity index (χ2n) is 6.22. The summed E-state index contributed by atoms with van der Waals surface area (Å²) in [5.74, 6) is 0.485. The molecule has 1 saturated heterocycles. The Bertz CT molecular complexity index is 681. The number of carbonyl (C=O) groups excluding carboxylic acids is 1. The van der Waals surface area contributed by atoms with Crippen molar-refractivity contribution in [2.24, 2.45) is 0 Å². The van der Waals surface area contributed by atoms with Crippen LogP contribution in [0.1, 0.15) is 18.4 Å². The molecule has 0 saturated carbocycles. The number of rotatable bonds is 6. The smallest absolute Gasteiger partial charge is 0.230 e. The molecule has 1 fully saturated rings. The number of hydrogen-bond donors (Lipinski definition) is 1. The predicted octanol–water partition coefficient (Wildman–Crippen LogP) is 3.61. The largest absolute Gasteiger partial charge is 0.351 e. The van der Waals surface area contributed by atoms with Crippen molar-refractivity contribution < 1.29 is 4.79 Å². The first-order valence-electron chi connectivity index (χ1n) is 8.49. The average Bonchev–Trinajstić information content (AvgIpc) is 2.63. The van der Waals surface area contributed by atoms with Crippen LogP contribution in [-0.4, -0.2) is 40.7 Å². The van der Waals surface area contributed by atoms with Crippen LogP contribution in [0.5, 0.6) is 0 Å². The lowest BCUT2D eigenvalue weighted by Gasteiger charge is -2.33. The van der Waals surface area contributed by atoms with Crippen molar-refractivity contribution in [3.8, 4) is 0 Å². The van der Waals surface area contributed by atoms with E-state index in [0.29, 0.717) is 5.75 Å². The van der Waals surface area contributed by atoms with E-state index in [1.165, 1.54) is 17.3 Å². The second-order valence-corrected chi connectivity index (χ2v) is 7.66. The summed E-state index contributed by atoms with van der Waals surface area (Å²) in [4.78, 5) is 18.8. The molecule has 1 atom stereocenters. The zero-order valence-corrected chi connectivity index (χ0v) is 15.6. The van der Waals surface area contributed by atoms with Crippen LogP contribution in [0.15, 0.2) is 53.7 Å². The number of amides is 1. The van der Waals surface area contributed by atoms with Crippen LogP contribution in [-0.2, 0) is 11.3 Å². The fourth-order valence-corrected chi connectivity index (χ4v) is 3.80. The number of hydrogen-bond acceptors (Lipinski definition) is 4. The fourth-order valence-electron chi connectivity index (χ4n) is 3.01. The highest BCUT2D eigenvalue weighted by atomic mass is 35.5. The van der Waals surface area contributed by atoms with Crippen molar-refractivity contribution in [1.29, 1.82) is 0 Å². The van der Waals surface area contributed by atoms with Gasteiger partial charge in [-0.25, -0.2) is 4.98 Å². The first kappa shape index (κ1) is 18.2. The van der Waals surface area contributed by atoms with E-state index in [0.717, 1.165) is 42.5 Å². The lowest BCUT2D eigenvalue weighted by atomic mass is 10.0. The lowest BCUT2D eigenvalue weighted by molar-refractivity contribution is -0.119. The monoisotopic (exact) mass is 375 g/mol. The van der Waals surface area contributed by atoms with Gasteiger partial charge in [-0.15, -0.1) is 0 Å². The van der Waals surface area contributed by atoms with Crippen LogP contribution in [0.4, 0.5) is 0 Å². The third-order valence-corrected chi connectivity index (χ3v) is 5.37. The van der Waals surface area contributed by atoms with E-state index in [4.69, 9.17) is 11.6 Å². The van der Waals surface area contributed by atoms with Gasteiger partial charge < -0.3 is 5.32 Å². The fraction of sp³-hybridized carbons (Fsp3) is 0.368. The topological polar surface area (TPSA) is 45.2 Å². The molecule has 25 heavy (non-hydrogen) atoms. The first-order valence-corrected chi connectivity index (χ1v) is 9.85. The van der Waals surface area contributed by atoms with E-state index >= 15 is 0 Å². The Morgan fingerprint density at radius 1 is 1.28 bits per heavy atom. The zero-order valence-electron chi connectivity index (χ0n) is 14.0. The maximum atomic E-state index is 12.2. The number of likely N-dealkylation sites (tertiary alicyclic amines) is 1. The molecule has 1 N–H and O–H groups in total. The summed E-state index contributed by atoms with van der Waals surface area (Å²) in [6.45, 7) is 2.85. The highest BCUT2D eigenvalue weighted by Crippen LogP contribution is 2.17. The summed E-state index contributed by atoms with van der Waals surface area (Å²) in [5, 5.41) is 4.81. The minimum absolute atomic E-state index is 0.0778. The molecule has 2 heterocycles. The van der Waals surface area contributed by atoms with Crippen molar-refractivity contribution in [2.45, 2.75) is 30.5 Å². The van der Waals surface area contributed by atoms with E-state index in [2.05, 4.69) is 27.3 Å². The van der Waals surface area contributed by atoms with Crippen molar-refractivity contribution in [3.63, 3.8) is 0 Å². The number of carbonyl (C=O) groups is 1. The van der Waals surface area contributed by atoms with Crippen LogP contribution in [0.25, 0.3) is 0 Å². The van der Waals surface area contributed by atoms with Gasteiger partial charge in [0.1, 0.15) is 0 Å². The third-order valence-electron chi connectivity index (χ3n) is 4.18. The van der Waals surface area contributed by atoms with Gasteiger partial charge >= 0.3 is 0 Å². The number of benzene rings is 1. The van der Waals surface area contributed by atoms with Gasteiger partial charge in [-0.3, -0.25) is 9.69 Å². The van der Waals surface area contributed by atoms with Crippen molar-refractivity contribution in [3.05, 3.63) is 59.2 Å².